The fourth-order valence-corrected chi connectivity index (χ4v) is 1.86. The van der Waals surface area contributed by atoms with Crippen molar-refractivity contribution in [2.24, 2.45) is 0 Å². The standard InChI is InChI=1S/C13H16N4O2/c1-8(6-16-13(18)19)17-12-9-4-2-3-5-11(9)15-7-10(12)14/h2-5,7-8,16H,6,14H2,1H3,(H,15,17)(H,18,19). The summed E-state index contributed by atoms with van der Waals surface area (Å²) in [5, 5.41) is 15.1. The van der Waals surface area contributed by atoms with Crippen molar-refractivity contribution >= 4 is 28.4 Å². The lowest BCUT2D eigenvalue weighted by Crippen LogP contribution is -2.33. The van der Waals surface area contributed by atoms with Crippen LogP contribution in [0, 0.1) is 0 Å². The Morgan fingerprint density at radius 3 is 2.95 bits per heavy atom. The number of amides is 1. The third kappa shape index (κ3) is 3.04. The molecule has 0 aliphatic rings. The molecule has 0 saturated carbocycles. The molecule has 0 saturated heterocycles. The second kappa shape index (κ2) is 5.43. The molecule has 0 radical (unpaired) electrons. The predicted octanol–water partition coefficient (Wildman–Crippen LogP) is 1.88. The highest BCUT2D eigenvalue weighted by atomic mass is 16.4. The number of nitrogens with two attached hydrogens (primary N) is 1. The lowest BCUT2D eigenvalue weighted by molar-refractivity contribution is 0.194. The van der Waals surface area contributed by atoms with Gasteiger partial charge >= 0.3 is 6.09 Å². The molecule has 1 aromatic carbocycles. The van der Waals surface area contributed by atoms with E-state index in [-0.39, 0.29) is 6.04 Å². The highest BCUT2D eigenvalue weighted by Crippen LogP contribution is 2.27. The van der Waals surface area contributed by atoms with Crippen LogP contribution in [-0.2, 0) is 0 Å². The van der Waals surface area contributed by atoms with Crippen LogP contribution in [0.2, 0.25) is 0 Å². The molecular weight excluding hydrogens is 244 g/mol. The number of nitrogens with one attached hydrogen (secondary N) is 2. The molecule has 2 rings (SSSR count). The summed E-state index contributed by atoms with van der Waals surface area (Å²) in [6.45, 7) is 2.18. The molecule has 5 N–H and O–H groups in total. The lowest BCUT2D eigenvalue weighted by Gasteiger charge is -2.18. The van der Waals surface area contributed by atoms with E-state index < -0.39 is 6.09 Å². The van der Waals surface area contributed by atoms with E-state index in [4.69, 9.17) is 10.8 Å². The van der Waals surface area contributed by atoms with E-state index in [2.05, 4.69) is 15.6 Å². The fraction of sp³-hybridized carbons (Fsp3) is 0.231. The van der Waals surface area contributed by atoms with Crippen molar-refractivity contribution in [1.29, 1.82) is 0 Å². The van der Waals surface area contributed by atoms with Gasteiger partial charge in [0, 0.05) is 18.0 Å². The van der Waals surface area contributed by atoms with Crippen LogP contribution in [0.25, 0.3) is 10.9 Å². The first-order valence-corrected chi connectivity index (χ1v) is 5.94. The second-order valence-electron chi connectivity index (χ2n) is 4.34. The normalized spacial score (nSPS) is 12.1. The van der Waals surface area contributed by atoms with Gasteiger partial charge < -0.3 is 21.5 Å². The minimum absolute atomic E-state index is 0.0794. The summed E-state index contributed by atoms with van der Waals surface area (Å²) in [5.41, 5.74) is 8.10. The van der Waals surface area contributed by atoms with Crippen molar-refractivity contribution in [3.05, 3.63) is 30.5 Å². The minimum atomic E-state index is -1.04. The van der Waals surface area contributed by atoms with Crippen LogP contribution in [0.15, 0.2) is 30.5 Å². The predicted molar refractivity (Wildman–Crippen MR) is 75.3 cm³/mol. The number of pyridine rings is 1. The second-order valence-corrected chi connectivity index (χ2v) is 4.34. The molecule has 0 aliphatic heterocycles. The Kier molecular flexibility index (Phi) is 3.70. The molecule has 100 valence electrons. The summed E-state index contributed by atoms with van der Waals surface area (Å²) in [4.78, 5) is 14.7. The van der Waals surface area contributed by atoms with E-state index in [1.807, 2.05) is 31.2 Å². The molecule has 2 aromatic rings. The van der Waals surface area contributed by atoms with Gasteiger partial charge in [0.25, 0.3) is 0 Å². The zero-order valence-electron chi connectivity index (χ0n) is 10.6. The lowest BCUT2D eigenvalue weighted by atomic mass is 10.1. The van der Waals surface area contributed by atoms with Crippen LogP contribution < -0.4 is 16.4 Å². The van der Waals surface area contributed by atoms with Gasteiger partial charge in [-0.3, -0.25) is 4.98 Å². The first-order chi connectivity index (χ1) is 9.08. The van der Waals surface area contributed by atoms with Gasteiger partial charge in [-0.1, -0.05) is 18.2 Å². The van der Waals surface area contributed by atoms with Crippen LogP contribution in [-0.4, -0.2) is 28.8 Å². The van der Waals surface area contributed by atoms with Crippen LogP contribution in [0.1, 0.15) is 6.92 Å². The number of benzene rings is 1. The van der Waals surface area contributed by atoms with Crippen LogP contribution in [0.3, 0.4) is 0 Å². The van der Waals surface area contributed by atoms with E-state index in [0.717, 1.165) is 16.6 Å². The van der Waals surface area contributed by atoms with Gasteiger partial charge in [-0.2, -0.15) is 0 Å². The summed E-state index contributed by atoms with van der Waals surface area (Å²) in [7, 11) is 0. The number of nitrogen functional groups attached to an aromatic ring is 1. The summed E-state index contributed by atoms with van der Waals surface area (Å²) in [5.74, 6) is 0. The smallest absolute Gasteiger partial charge is 0.404 e. The van der Waals surface area contributed by atoms with Crippen molar-refractivity contribution in [2.45, 2.75) is 13.0 Å². The Balaban J connectivity index is 2.24. The first-order valence-electron chi connectivity index (χ1n) is 5.94. The van der Waals surface area contributed by atoms with Crippen LogP contribution in [0.5, 0.6) is 0 Å². The monoisotopic (exact) mass is 260 g/mol. The third-order valence-electron chi connectivity index (χ3n) is 2.75. The van der Waals surface area contributed by atoms with Gasteiger partial charge in [-0.15, -0.1) is 0 Å². The molecule has 0 aliphatic carbocycles. The summed E-state index contributed by atoms with van der Waals surface area (Å²) in [6, 6.07) is 7.57. The topological polar surface area (TPSA) is 100 Å². The van der Waals surface area contributed by atoms with Gasteiger partial charge in [0.1, 0.15) is 0 Å². The van der Waals surface area contributed by atoms with Gasteiger partial charge in [0.05, 0.1) is 23.1 Å². The molecule has 1 aromatic heterocycles. The first kappa shape index (κ1) is 12.9. The van der Waals surface area contributed by atoms with Crippen molar-refractivity contribution in [2.75, 3.05) is 17.6 Å². The zero-order chi connectivity index (χ0) is 13.8. The molecule has 6 nitrogen and oxygen atoms in total. The molecule has 0 spiro atoms. The molecule has 19 heavy (non-hydrogen) atoms. The van der Waals surface area contributed by atoms with Gasteiger partial charge in [-0.05, 0) is 13.0 Å². The Morgan fingerprint density at radius 1 is 1.47 bits per heavy atom. The number of fused-ring (bicyclic) bond motifs is 1. The molecule has 6 heteroatoms. The number of carbonyl (C=O) groups is 1. The van der Waals surface area contributed by atoms with Gasteiger partial charge in [-0.25, -0.2) is 4.79 Å². The average Bonchev–Trinajstić information content (AvgIpc) is 2.40. The van der Waals surface area contributed by atoms with E-state index in [0.29, 0.717) is 12.2 Å². The number of para-hydroxylation sites is 1. The van der Waals surface area contributed by atoms with Crippen molar-refractivity contribution < 1.29 is 9.90 Å². The molecule has 1 atom stereocenters. The Labute approximate surface area is 110 Å². The number of nitrogens with zero attached hydrogens (tertiary/aromatic N) is 1. The van der Waals surface area contributed by atoms with E-state index in [1.165, 1.54) is 0 Å². The maximum Gasteiger partial charge on any atom is 0.404 e. The van der Waals surface area contributed by atoms with Crippen LogP contribution in [0.4, 0.5) is 16.2 Å². The SMILES string of the molecule is CC(CNC(=O)O)Nc1c(N)cnc2ccccc12. The zero-order valence-corrected chi connectivity index (χ0v) is 10.6. The summed E-state index contributed by atoms with van der Waals surface area (Å²) < 4.78 is 0. The Hall–Kier alpha value is -2.50. The number of hydrogen-bond acceptors (Lipinski definition) is 4. The minimum Gasteiger partial charge on any atom is -0.465 e. The van der Waals surface area contributed by atoms with Crippen molar-refractivity contribution in [3.63, 3.8) is 0 Å². The number of aromatic nitrogens is 1. The Bertz CT molecular complexity index is 600. The molecule has 0 bridgehead atoms. The number of anilines is 2. The Morgan fingerprint density at radius 2 is 2.21 bits per heavy atom. The molecule has 1 amide bonds. The number of carboxylic acid groups (broad SMARTS) is 1. The van der Waals surface area contributed by atoms with E-state index >= 15 is 0 Å². The summed E-state index contributed by atoms with van der Waals surface area (Å²) in [6.07, 6.45) is 0.559. The van der Waals surface area contributed by atoms with Crippen LogP contribution >= 0.6 is 0 Å². The third-order valence-corrected chi connectivity index (χ3v) is 2.75. The molecule has 0 fully saturated rings. The maximum absolute atomic E-state index is 10.5. The molecule has 1 unspecified atom stereocenters. The largest absolute Gasteiger partial charge is 0.465 e. The highest BCUT2D eigenvalue weighted by Gasteiger charge is 2.10. The number of rotatable bonds is 4. The fourth-order valence-electron chi connectivity index (χ4n) is 1.86. The van der Waals surface area contributed by atoms with E-state index in [9.17, 15) is 4.79 Å². The average molecular weight is 260 g/mol. The summed E-state index contributed by atoms with van der Waals surface area (Å²) >= 11 is 0. The molecule has 1 heterocycles. The van der Waals surface area contributed by atoms with Gasteiger partial charge in [0.15, 0.2) is 0 Å². The number of hydrogen-bond donors (Lipinski definition) is 4. The van der Waals surface area contributed by atoms with Crippen molar-refractivity contribution in [3.8, 4) is 0 Å². The van der Waals surface area contributed by atoms with Crippen molar-refractivity contribution in [1.82, 2.24) is 10.3 Å². The highest BCUT2D eigenvalue weighted by molar-refractivity contribution is 5.96. The van der Waals surface area contributed by atoms with Gasteiger partial charge in [0.2, 0.25) is 0 Å². The molecular formula is C13H16N4O2. The van der Waals surface area contributed by atoms with E-state index in [1.54, 1.807) is 6.20 Å². The quantitative estimate of drug-likeness (QED) is 0.672. The maximum atomic E-state index is 10.5.